The Bertz CT molecular complexity index is 66.3. The summed E-state index contributed by atoms with van der Waals surface area (Å²) >= 11 is 0. The molecule has 0 amide bonds. The van der Waals surface area contributed by atoms with E-state index >= 15 is 0 Å². The minimum Gasteiger partial charge on any atom is -0.450 e. The summed E-state index contributed by atoms with van der Waals surface area (Å²) in [6.07, 6.45) is -3.67. The molecule has 0 bridgehead atoms. The molecule has 12 nitrogen and oxygen atoms in total. The highest BCUT2D eigenvalue weighted by Crippen LogP contribution is 1.43. The van der Waals surface area contributed by atoms with Gasteiger partial charge in [-0.2, -0.15) is 0 Å². The van der Waals surface area contributed by atoms with E-state index in [2.05, 4.69) is 0 Å². The lowest BCUT2D eigenvalue weighted by Crippen LogP contribution is -1.81. The van der Waals surface area contributed by atoms with Gasteiger partial charge in [0.15, 0.2) is 0 Å². The van der Waals surface area contributed by atoms with Crippen LogP contribution in [-0.2, 0) is 0 Å². The van der Waals surface area contributed by atoms with Gasteiger partial charge in [-0.3, -0.25) is 0 Å². The van der Waals surface area contributed by atoms with Gasteiger partial charge < -0.3 is 53.3 Å². The van der Waals surface area contributed by atoms with Crippen LogP contribution in [0.2, 0.25) is 0 Å². The second kappa shape index (κ2) is 64.8. The van der Waals surface area contributed by atoms with E-state index in [0.29, 0.717) is 0 Å². The van der Waals surface area contributed by atoms with Gasteiger partial charge in [-0.05, 0) is 0 Å². The Kier molecular flexibility index (Phi) is 393. The Hall–Kier alpha value is -1.70. The van der Waals surface area contributed by atoms with Crippen LogP contribution < -0.4 is 0 Å². The molecule has 12 heteroatoms. The van der Waals surface area contributed by atoms with Crippen LogP contribution in [0.4, 0.5) is 9.59 Å². The van der Waals surface area contributed by atoms with Crippen LogP contribution in [0.25, 0.3) is 0 Å². The van der Waals surface area contributed by atoms with Gasteiger partial charge in [0.1, 0.15) is 0 Å². The third-order valence-corrected chi connectivity index (χ3v) is 0. The van der Waals surface area contributed by atoms with Crippen molar-refractivity contribution in [2.24, 2.45) is 0 Å². The lowest BCUT2D eigenvalue weighted by atomic mass is 11.5. The first-order chi connectivity index (χ1) is 3.46. The second-order valence-corrected chi connectivity index (χ2v) is 0.565. The fourth-order valence-corrected chi connectivity index (χ4v) is 0. The maximum absolute atomic E-state index is 8.56. The van der Waals surface area contributed by atoms with Crippen molar-refractivity contribution in [1.82, 2.24) is 0 Å². The molecule has 0 aromatic heterocycles. The Labute approximate surface area is 76.5 Å². The summed E-state index contributed by atoms with van der Waals surface area (Å²) in [4.78, 5) is 17.1. The number of hydrogen-bond acceptors (Lipinski definition) is 2. The first-order valence-corrected chi connectivity index (χ1v) is 1.30. The van der Waals surface area contributed by atoms with Crippen LogP contribution >= 0.6 is 0 Å². The predicted octanol–water partition coefficient (Wildman–Crippen LogP) is -4.50. The summed E-state index contributed by atoms with van der Waals surface area (Å²) in [6.45, 7) is 0. The lowest BCUT2D eigenvalue weighted by Gasteiger charge is -1.60. The van der Waals surface area contributed by atoms with E-state index in [1.54, 1.807) is 0 Å². The zero-order valence-corrected chi connectivity index (χ0v) is 6.61. The van der Waals surface area contributed by atoms with E-state index < -0.39 is 12.3 Å². The van der Waals surface area contributed by atoms with E-state index in [-0.39, 0.29) is 32.9 Å². The van der Waals surface area contributed by atoms with Crippen molar-refractivity contribution in [3.63, 3.8) is 0 Å². The van der Waals surface area contributed by atoms with Gasteiger partial charge in [-0.25, -0.2) is 9.59 Å². The molecular formula is C2H16O12. The van der Waals surface area contributed by atoms with Crippen LogP contribution in [0, 0.1) is 0 Å². The average molecular weight is 232 g/mol. The molecule has 0 atom stereocenters. The first-order valence-electron chi connectivity index (χ1n) is 1.30. The largest absolute Gasteiger partial charge is 0.503 e. The average Bonchev–Trinajstić information content (AvgIpc) is 1.25. The fraction of sp³-hybridized carbons (Fsp3) is 0. The first kappa shape index (κ1) is 84.9. The topological polar surface area (TPSA) is 304 Å². The number of carbonyl (C=O) groups is 2. The minimum atomic E-state index is -1.83. The van der Waals surface area contributed by atoms with Gasteiger partial charge in [0, 0.05) is 0 Å². The van der Waals surface area contributed by atoms with E-state index in [1.807, 2.05) is 0 Å². The highest BCUT2D eigenvalue weighted by atomic mass is 16.6. The number of carboxylic acid groups (broad SMARTS) is 4. The SMILES string of the molecule is O.O.O.O.O.O.O=C(O)O.O=C(O)O. The Morgan fingerprint density at radius 3 is 0.500 bits per heavy atom. The molecule has 0 aromatic rings. The summed E-state index contributed by atoms with van der Waals surface area (Å²) in [6, 6.07) is 0. The molecule has 0 aliphatic carbocycles. The molecule has 0 unspecified atom stereocenters. The fourth-order valence-electron chi connectivity index (χ4n) is 0. The summed E-state index contributed by atoms with van der Waals surface area (Å²) in [5.74, 6) is 0. The molecule has 16 N–H and O–H groups in total. The standard InChI is InChI=1S/2CH2O3.6H2O/c2*2-1(3)4;;;;;;/h2*(H2,2,3,4);6*1H2. The van der Waals surface area contributed by atoms with Gasteiger partial charge in [0.25, 0.3) is 0 Å². The van der Waals surface area contributed by atoms with Crippen LogP contribution in [0.5, 0.6) is 0 Å². The minimum absolute atomic E-state index is 0. The quantitative estimate of drug-likeness (QED) is 0.318. The predicted molar refractivity (Wildman–Crippen MR) is 43.0 cm³/mol. The molecule has 0 aliphatic rings. The van der Waals surface area contributed by atoms with Crippen LogP contribution in [0.3, 0.4) is 0 Å². The molecule has 0 rings (SSSR count). The zero-order valence-electron chi connectivity index (χ0n) is 6.61. The molecule has 14 heavy (non-hydrogen) atoms. The van der Waals surface area contributed by atoms with Crippen molar-refractivity contribution in [3.8, 4) is 0 Å². The maximum Gasteiger partial charge on any atom is 0.503 e. The molecule has 0 aromatic carbocycles. The Morgan fingerprint density at radius 2 is 0.500 bits per heavy atom. The third kappa shape index (κ3) is 308. The monoisotopic (exact) mass is 232 g/mol. The molecule has 0 heterocycles. The van der Waals surface area contributed by atoms with Crippen LogP contribution in [0.15, 0.2) is 0 Å². The van der Waals surface area contributed by atoms with Crippen molar-refractivity contribution in [2.45, 2.75) is 0 Å². The van der Waals surface area contributed by atoms with Gasteiger partial charge in [-0.15, -0.1) is 0 Å². The molecule has 0 fully saturated rings. The highest BCUT2D eigenvalue weighted by molar-refractivity contribution is 5.53. The van der Waals surface area contributed by atoms with Crippen molar-refractivity contribution in [3.05, 3.63) is 0 Å². The van der Waals surface area contributed by atoms with Crippen LogP contribution in [0.1, 0.15) is 0 Å². The molecule has 0 saturated heterocycles. The van der Waals surface area contributed by atoms with E-state index in [4.69, 9.17) is 30.0 Å². The second-order valence-electron chi connectivity index (χ2n) is 0.565. The van der Waals surface area contributed by atoms with Crippen molar-refractivity contribution in [1.29, 1.82) is 0 Å². The summed E-state index contributed by atoms with van der Waals surface area (Å²) in [5, 5.41) is 27.9. The molecule has 96 valence electrons. The Morgan fingerprint density at radius 1 is 0.500 bits per heavy atom. The van der Waals surface area contributed by atoms with Crippen molar-refractivity contribution >= 4 is 12.3 Å². The summed E-state index contributed by atoms with van der Waals surface area (Å²) < 4.78 is 0. The van der Waals surface area contributed by atoms with Crippen molar-refractivity contribution < 1.29 is 62.9 Å². The maximum atomic E-state index is 8.56. The smallest absolute Gasteiger partial charge is 0.450 e. The molecule has 0 radical (unpaired) electrons. The van der Waals surface area contributed by atoms with Crippen molar-refractivity contribution in [2.75, 3.05) is 0 Å². The van der Waals surface area contributed by atoms with Gasteiger partial charge in [0.2, 0.25) is 0 Å². The van der Waals surface area contributed by atoms with E-state index in [0.717, 1.165) is 0 Å². The van der Waals surface area contributed by atoms with Gasteiger partial charge in [0.05, 0.1) is 0 Å². The normalized spacial score (nSPS) is 3.43. The van der Waals surface area contributed by atoms with E-state index in [9.17, 15) is 0 Å². The molecular weight excluding hydrogens is 216 g/mol. The third-order valence-electron chi connectivity index (χ3n) is 0. The molecule has 0 saturated carbocycles. The zero-order chi connectivity index (χ0) is 7.15. The van der Waals surface area contributed by atoms with E-state index in [1.165, 1.54) is 0 Å². The Balaban J connectivity index is -0.00000000600. The van der Waals surface area contributed by atoms with Gasteiger partial charge >= 0.3 is 12.3 Å². The lowest BCUT2D eigenvalue weighted by molar-refractivity contribution is 0.135. The summed E-state index contributed by atoms with van der Waals surface area (Å²) in [5.41, 5.74) is 0. The summed E-state index contributed by atoms with van der Waals surface area (Å²) in [7, 11) is 0. The molecule has 0 spiro atoms. The number of hydrogen-bond donors (Lipinski definition) is 4. The number of rotatable bonds is 0. The van der Waals surface area contributed by atoms with Gasteiger partial charge in [-0.1, -0.05) is 0 Å². The molecule has 0 aliphatic heterocycles. The van der Waals surface area contributed by atoms with Crippen LogP contribution in [-0.4, -0.2) is 65.6 Å². The highest BCUT2D eigenvalue weighted by Gasteiger charge is 1.70.